The van der Waals surface area contributed by atoms with Crippen molar-refractivity contribution in [1.82, 2.24) is 0 Å². The van der Waals surface area contributed by atoms with E-state index in [0.717, 1.165) is 33.7 Å². The van der Waals surface area contributed by atoms with Gasteiger partial charge in [-0.25, -0.2) is 0 Å². The number of hydrogen-bond acceptors (Lipinski definition) is 5. The molecule has 3 rings (SSSR count). The molecule has 3 aromatic rings. The van der Waals surface area contributed by atoms with Crippen LogP contribution in [0.3, 0.4) is 0 Å². The second-order valence-corrected chi connectivity index (χ2v) is 6.37. The monoisotopic (exact) mass is 316 g/mol. The Bertz CT molecular complexity index is 824. The Hall–Kier alpha value is -1.82. The summed E-state index contributed by atoms with van der Waals surface area (Å²) in [6.07, 6.45) is -2.03. The summed E-state index contributed by atoms with van der Waals surface area (Å²) in [7, 11) is 0. The lowest BCUT2D eigenvalue weighted by Gasteiger charge is -2.17. The van der Waals surface area contributed by atoms with E-state index in [1.54, 1.807) is 12.1 Å². The van der Waals surface area contributed by atoms with Gasteiger partial charge in [0.15, 0.2) is 5.12 Å². The van der Waals surface area contributed by atoms with Gasteiger partial charge in [0.05, 0.1) is 6.10 Å². The Morgan fingerprint density at radius 3 is 2.64 bits per heavy atom. The van der Waals surface area contributed by atoms with Crippen LogP contribution >= 0.6 is 11.8 Å². The van der Waals surface area contributed by atoms with E-state index in [0.29, 0.717) is 5.56 Å². The molecule has 114 valence electrons. The van der Waals surface area contributed by atoms with Crippen LogP contribution in [0.5, 0.6) is 0 Å². The molecule has 5 heteroatoms. The summed E-state index contributed by atoms with van der Waals surface area (Å²) >= 11 is 1.00. The molecule has 0 aliphatic carbocycles. The van der Waals surface area contributed by atoms with Crippen LogP contribution in [0.15, 0.2) is 46.9 Å². The minimum atomic E-state index is -1.04. The van der Waals surface area contributed by atoms with Crippen molar-refractivity contribution in [2.75, 3.05) is 5.75 Å². The molecule has 2 aromatic carbocycles. The molecule has 0 bridgehead atoms. The fraction of sp³-hybridized carbons (Fsp3) is 0.235. The van der Waals surface area contributed by atoms with Gasteiger partial charge in [0.2, 0.25) is 0 Å². The number of carbonyl (C=O) groups excluding carboxylic acids is 1. The average molecular weight is 316 g/mol. The van der Waals surface area contributed by atoms with Crippen LogP contribution in [0.4, 0.5) is 0 Å². The largest absolute Gasteiger partial charge is 0.456 e. The zero-order valence-electron chi connectivity index (χ0n) is 12.0. The van der Waals surface area contributed by atoms with Crippen LogP contribution in [0.25, 0.3) is 21.9 Å². The highest BCUT2D eigenvalue weighted by Gasteiger charge is 2.20. The molecule has 0 saturated heterocycles. The Labute approximate surface area is 131 Å². The zero-order valence-corrected chi connectivity index (χ0v) is 12.8. The summed E-state index contributed by atoms with van der Waals surface area (Å²) in [5.41, 5.74) is 2.14. The van der Waals surface area contributed by atoms with Gasteiger partial charge in [0, 0.05) is 23.4 Å². The van der Waals surface area contributed by atoms with Crippen molar-refractivity contribution < 1.29 is 19.4 Å². The number of aliphatic hydroxyl groups excluding tert-OH is 2. The Kier molecular flexibility index (Phi) is 4.20. The maximum absolute atomic E-state index is 11.0. The van der Waals surface area contributed by atoms with E-state index in [2.05, 4.69) is 0 Å². The van der Waals surface area contributed by atoms with E-state index in [-0.39, 0.29) is 10.9 Å². The molecule has 2 N–H and O–H groups in total. The van der Waals surface area contributed by atoms with E-state index < -0.39 is 12.2 Å². The highest BCUT2D eigenvalue weighted by molar-refractivity contribution is 8.13. The van der Waals surface area contributed by atoms with Gasteiger partial charge in [0.1, 0.15) is 17.3 Å². The van der Waals surface area contributed by atoms with Gasteiger partial charge in [-0.05, 0) is 23.8 Å². The number of fused-ring (bicyclic) bond motifs is 3. The normalized spacial score (nSPS) is 14.3. The maximum Gasteiger partial charge on any atom is 0.185 e. The predicted molar refractivity (Wildman–Crippen MR) is 87.8 cm³/mol. The average Bonchev–Trinajstić information content (AvgIpc) is 2.89. The standard InChI is InChI=1S/C17H16O4S/c1-10(18)22-9-14(19)17(20)11-6-7-16-13(8-11)12-4-2-3-5-15(12)21-16/h2-8,14,17,19-20H,9H2,1H3. The summed E-state index contributed by atoms with van der Waals surface area (Å²) < 4.78 is 5.73. The van der Waals surface area contributed by atoms with Crippen molar-refractivity contribution >= 4 is 38.8 Å². The van der Waals surface area contributed by atoms with Crippen molar-refractivity contribution in [3.8, 4) is 0 Å². The van der Waals surface area contributed by atoms with Crippen LogP contribution in [0.1, 0.15) is 18.6 Å². The summed E-state index contributed by atoms with van der Waals surface area (Å²) in [4.78, 5) is 11.0. The zero-order chi connectivity index (χ0) is 15.7. The third kappa shape index (κ3) is 2.88. The van der Waals surface area contributed by atoms with Crippen molar-refractivity contribution in [2.45, 2.75) is 19.1 Å². The lowest BCUT2D eigenvalue weighted by molar-refractivity contribution is -0.109. The van der Waals surface area contributed by atoms with E-state index in [4.69, 9.17) is 4.42 Å². The van der Waals surface area contributed by atoms with Crippen molar-refractivity contribution in [3.05, 3.63) is 48.0 Å². The molecule has 0 spiro atoms. The topological polar surface area (TPSA) is 70.7 Å². The number of hydrogen-bond donors (Lipinski definition) is 2. The lowest BCUT2D eigenvalue weighted by Crippen LogP contribution is -2.21. The third-order valence-electron chi connectivity index (χ3n) is 3.56. The summed E-state index contributed by atoms with van der Waals surface area (Å²) in [6.45, 7) is 1.44. The number of rotatable bonds is 4. The summed E-state index contributed by atoms with van der Waals surface area (Å²) in [5, 5.41) is 22.1. The quantitative estimate of drug-likeness (QED) is 0.773. The first-order valence-electron chi connectivity index (χ1n) is 6.97. The highest BCUT2D eigenvalue weighted by Crippen LogP contribution is 2.31. The van der Waals surface area contributed by atoms with Gasteiger partial charge in [-0.3, -0.25) is 4.79 Å². The fourth-order valence-corrected chi connectivity index (χ4v) is 3.03. The molecule has 0 amide bonds. The van der Waals surface area contributed by atoms with Gasteiger partial charge < -0.3 is 14.6 Å². The molecule has 0 aliphatic heterocycles. The molecule has 0 saturated carbocycles. The van der Waals surface area contributed by atoms with E-state index >= 15 is 0 Å². The molecule has 2 atom stereocenters. The Morgan fingerprint density at radius 1 is 1.14 bits per heavy atom. The minimum Gasteiger partial charge on any atom is -0.456 e. The number of para-hydroxylation sites is 1. The molecule has 22 heavy (non-hydrogen) atoms. The number of carbonyl (C=O) groups is 1. The third-order valence-corrected chi connectivity index (χ3v) is 4.48. The minimum absolute atomic E-state index is 0.0810. The van der Waals surface area contributed by atoms with E-state index in [1.165, 1.54) is 6.92 Å². The van der Waals surface area contributed by atoms with Gasteiger partial charge in [0.25, 0.3) is 0 Å². The SMILES string of the molecule is CC(=O)SCC(O)C(O)c1ccc2oc3ccccc3c2c1. The van der Waals surface area contributed by atoms with E-state index in [9.17, 15) is 15.0 Å². The summed E-state index contributed by atoms with van der Waals surface area (Å²) in [6, 6.07) is 13.0. The number of benzene rings is 2. The van der Waals surface area contributed by atoms with Crippen LogP contribution in [0.2, 0.25) is 0 Å². The fourth-order valence-electron chi connectivity index (χ4n) is 2.44. The van der Waals surface area contributed by atoms with Crippen LogP contribution in [0, 0.1) is 0 Å². The van der Waals surface area contributed by atoms with E-state index in [1.807, 2.05) is 30.3 Å². The van der Waals surface area contributed by atoms with Gasteiger partial charge in [-0.15, -0.1) is 0 Å². The van der Waals surface area contributed by atoms with Crippen LogP contribution < -0.4 is 0 Å². The Morgan fingerprint density at radius 2 is 1.86 bits per heavy atom. The van der Waals surface area contributed by atoms with Crippen molar-refractivity contribution in [3.63, 3.8) is 0 Å². The molecule has 0 fully saturated rings. The number of thioether (sulfide) groups is 1. The Balaban J connectivity index is 1.93. The van der Waals surface area contributed by atoms with Crippen LogP contribution in [-0.4, -0.2) is 27.2 Å². The number of furan rings is 1. The molecule has 0 aliphatic rings. The van der Waals surface area contributed by atoms with Gasteiger partial charge in [-0.2, -0.15) is 0 Å². The van der Waals surface area contributed by atoms with Gasteiger partial charge in [-0.1, -0.05) is 36.0 Å². The molecule has 1 heterocycles. The molecule has 1 aromatic heterocycles. The first-order chi connectivity index (χ1) is 10.6. The van der Waals surface area contributed by atoms with Crippen molar-refractivity contribution in [1.29, 1.82) is 0 Å². The first kappa shape index (κ1) is 15.1. The summed E-state index contributed by atoms with van der Waals surface area (Å²) in [5.74, 6) is 0.167. The molecule has 4 nitrogen and oxygen atoms in total. The first-order valence-corrected chi connectivity index (χ1v) is 7.95. The number of aliphatic hydroxyl groups is 2. The second-order valence-electron chi connectivity index (χ2n) is 5.17. The molecule has 2 unspecified atom stereocenters. The lowest BCUT2D eigenvalue weighted by atomic mass is 10.0. The molecular formula is C17H16O4S. The predicted octanol–water partition coefficient (Wildman–Crippen LogP) is 3.26. The smallest absolute Gasteiger partial charge is 0.185 e. The maximum atomic E-state index is 11.0. The molecular weight excluding hydrogens is 300 g/mol. The van der Waals surface area contributed by atoms with Crippen molar-refractivity contribution in [2.24, 2.45) is 0 Å². The molecule has 0 radical (unpaired) electrons. The van der Waals surface area contributed by atoms with Crippen LogP contribution in [-0.2, 0) is 4.79 Å². The second kappa shape index (κ2) is 6.12. The highest BCUT2D eigenvalue weighted by atomic mass is 32.2. The van der Waals surface area contributed by atoms with Gasteiger partial charge >= 0.3 is 0 Å².